The first-order valence-electron chi connectivity index (χ1n) is 10.5. The number of nitrogens with zero attached hydrogens (tertiary/aromatic N) is 2. The number of aryl methyl sites for hydroxylation is 1. The molecule has 0 spiro atoms. The molecule has 0 radical (unpaired) electrons. The van der Waals surface area contributed by atoms with Crippen molar-refractivity contribution in [3.05, 3.63) is 83.3 Å². The van der Waals surface area contributed by atoms with E-state index in [1.54, 1.807) is 12.1 Å². The highest BCUT2D eigenvalue weighted by Crippen LogP contribution is 2.24. The smallest absolute Gasteiger partial charge is 0.291 e. The van der Waals surface area contributed by atoms with Crippen LogP contribution in [-0.4, -0.2) is 44.0 Å². The number of carbonyl (C=O) groups excluding carboxylic acids is 1. The lowest BCUT2D eigenvalue weighted by molar-refractivity contribution is 0.0996. The first-order valence-corrected chi connectivity index (χ1v) is 10.5. The molecule has 2 aromatic carbocycles. The van der Waals surface area contributed by atoms with Crippen molar-refractivity contribution in [1.29, 1.82) is 0 Å². The van der Waals surface area contributed by atoms with Gasteiger partial charge in [0.05, 0.1) is 0 Å². The third-order valence-electron chi connectivity index (χ3n) is 5.60. The third-order valence-corrected chi connectivity index (χ3v) is 5.60. The summed E-state index contributed by atoms with van der Waals surface area (Å²) >= 11 is 0. The molecule has 0 bridgehead atoms. The molecule has 5 nitrogen and oxygen atoms in total. The summed E-state index contributed by atoms with van der Waals surface area (Å²) in [7, 11) is 4.25. The molecule has 1 aliphatic rings. The van der Waals surface area contributed by atoms with Gasteiger partial charge in [0.1, 0.15) is 0 Å². The van der Waals surface area contributed by atoms with Crippen molar-refractivity contribution in [2.75, 3.05) is 37.4 Å². The van der Waals surface area contributed by atoms with Crippen LogP contribution < -0.4 is 10.2 Å². The summed E-state index contributed by atoms with van der Waals surface area (Å²) in [6, 6.07) is 19.9. The molecule has 1 aromatic heterocycles. The summed E-state index contributed by atoms with van der Waals surface area (Å²) in [6.07, 6.45) is 1.17. The normalized spacial score (nSPS) is 15.6. The predicted molar refractivity (Wildman–Crippen MR) is 125 cm³/mol. The molecule has 0 saturated carbocycles. The van der Waals surface area contributed by atoms with Crippen LogP contribution >= 0.6 is 0 Å². The van der Waals surface area contributed by atoms with Gasteiger partial charge in [-0.15, -0.1) is 0 Å². The van der Waals surface area contributed by atoms with Crippen LogP contribution in [0, 0.1) is 18.8 Å². The van der Waals surface area contributed by atoms with Gasteiger partial charge in [0.25, 0.3) is 5.91 Å². The minimum Gasteiger partial charge on any atom is -0.443 e. The monoisotopic (exact) mass is 413 g/mol. The highest BCUT2D eigenvalue weighted by Gasteiger charge is 2.24. The minimum absolute atomic E-state index is 0.241. The Morgan fingerprint density at radius 2 is 1.77 bits per heavy atom. The molecule has 2 heterocycles. The van der Waals surface area contributed by atoms with Crippen molar-refractivity contribution < 1.29 is 9.21 Å². The summed E-state index contributed by atoms with van der Waals surface area (Å²) in [4.78, 5) is 17.2. The quantitative estimate of drug-likeness (QED) is 0.645. The van der Waals surface area contributed by atoms with E-state index in [9.17, 15) is 4.79 Å². The van der Waals surface area contributed by atoms with Crippen molar-refractivity contribution in [1.82, 2.24) is 4.90 Å². The molecule has 1 fully saturated rings. The van der Waals surface area contributed by atoms with E-state index < -0.39 is 0 Å². The number of likely N-dealkylation sites (N-methyl/N-ethyl adjacent to an activating group) is 1. The second kappa shape index (κ2) is 9.11. The van der Waals surface area contributed by atoms with Gasteiger partial charge >= 0.3 is 0 Å². The van der Waals surface area contributed by atoms with Crippen LogP contribution in [0.1, 0.15) is 33.9 Å². The zero-order valence-corrected chi connectivity index (χ0v) is 18.2. The van der Waals surface area contributed by atoms with Crippen LogP contribution in [0.15, 0.2) is 65.1 Å². The maximum atomic E-state index is 12.5. The third kappa shape index (κ3) is 5.17. The summed E-state index contributed by atoms with van der Waals surface area (Å²) in [5.41, 5.74) is 4.01. The number of nitrogens with one attached hydrogen (secondary N) is 1. The molecular formula is C26H27N3O2. The highest BCUT2D eigenvalue weighted by atomic mass is 16.3. The summed E-state index contributed by atoms with van der Waals surface area (Å²) in [5, 5.41) is 2.89. The van der Waals surface area contributed by atoms with E-state index in [1.165, 1.54) is 17.7 Å². The Hall–Kier alpha value is -3.49. The standard InChI is InChI=1S/C26H27N3O2/c1-19-4-6-20(7-5-19)8-13-24-14-15-25(31-24)26(30)27-21-9-11-22(12-10-21)29-17-16-23(18-29)28(2)3/h4-7,9-12,14-15,23H,16-18H2,1-3H3,(H,27,30). The average Bonchev–Trinajstić information content (AvgIpc) is 3.44. The van der Waals surface area contributed by atoms with Crippen LogP contribution in [0.2, 0.25) is 0 Å². The number of amides is 1. The molecule has 1 aliphatic heterocycles. The lowest BCUT2D eigenvalue weighted by Gasteiger charge is -2.22. The van der Waals surface area contributed by atoms with Gasteiger partial charge in [-0.25, -0.2) is 0 Å². The van der Waals surface area contributed by atoms with Crippen LogP contribution in [0.4, 0.5) is 11.4 Å². The molecule has 158 valence electrons. The average molecular weight is 414 g/mol. The number of anilines is 2. The fourth-order valence-corrected chi connectivity index (χ4v) is 3.64. The second-order valence-corrected chi connectivity index (χ2v) is 8.13. The molecule has 1 amide bonds. The minimum atomic E-state index is -0.287. The predicted octanol–water partition coefficient (Wildman–Crippen LogP) is 4.38. The van der Waals surface area contributed by atoms with Crippen LogP contribution in [0.25, 0.3) is 0 Å². The number of hydrogen-bond donors (Lipinski definition) is 1. The number of benzene rings is 2. The molecular weight excluding hydrogens is 386 g/mol. The molecule has 5 heteroatoms. The van der Waals surface area contributed by atoms with Gasteiger partial charge < -0.3 is 19.5 Å². The molecule has 0 aliphatic carbocycles. The fourth-order valence-electron chi connectivity index (χ4n) is 3.64. The zero-order chi connectivity index (χ0) is 21.8. The molecule has 1 atom stereocenters. The Morgan fingerprint density at radius 1 is 1.03 bits per heavy atom. The summed E-state index contributed by atoms with van der Waals surface area (Å²) in [6.45, 7) is 4.11. The van der Waals surface area contributed by atoms with Crippen molar-refractivity contribution in [3.8, 4) is 11.8 Å². The van der Waals surface area contributed by atoms with Crippen LogP contribution in [0.5, 0.6) is 0 Å². The lowest BCUT2D eigenvalue weighted by Crippen LogP contribution is -2.31. The van der Waals surface area contributed by atoms with Crippen molar-refractivity contribution >= 4 is 17.3 Å². The van der Waals surface area contributed by atoms with Crippen molar-refractivity contribution in [3.63, 3.8) is 0 Å². The van der Waals surface area contributed by atoms with E-state index in [4.69, 9.17) is 4.42 Å². The Balaban J connectivity index is 1.36. The number of rotatable bonds is 4. The van der Waals surface area contributed by atoms with Gasteiger partial charge in [0.2, 0.25) is 0 Å². The summed E-state index contributed by atoms with van der Waals surface area (Å²) < 4.78 is 5.60. The fraction of sp³-hybridized carbons (Fsp3) is 0.269. The van der Waals surface area contributed by atoms with Gasteiger partial charge in [0, 0.05) is 36.1 Å². The number of furan rings is 1. The van der Waals surface area contributed by atoms with Crippen LogP contribution in [0.3, 0.4) is 0 Å². The SMILES string of the molecule is Cc1ccc(C#Cc2ccc(C(=O)Nc3ccc(N4CCC(N(C)C)C4)cc3)o2)cc1. The van der Waals surface area contributed by atoms with Crippen molar-refractivity contribution in [2.24, 2.45) is 0 Å². The summed E-state index contributed by atoms with van der Waals surface area (Å²) in [5.74, 6) is 6.43. The Labute approximate surface area is 183 Å². The largest absolute Gasteiger partial charge is 0.443 e. The molecule has 1 unspecified atom stereocenters. The van der Waals surface area contributed by atoms with Gasteiger partial charge in [-0.05, 0) is 81.9 Å². The molecule has 3 aromatic rings. The van der Waals surface area contributed by atoms with E-state index in [0.29, 0.717) is 11.8 Å². The van der Waals surface area contributed by atoms with Gasteiger partial charge in [-0.1, -0.05) is 23.6 Å². The highest BCUT2D eigenvalue weighted by molar-refractivity contribution is 6.02. The first kappa shape index (κ1) is 20.8. The topological polar surface area (TPSA) is 48.7 Å². The first-order chi connectivity index (χ1) is 15.0. The molecule has 4 rings (SSSR count). The Bertz CT molecular complexity index is 1100. The van der Waals surface area contributed by atoms with Gasteiger partial charge in [-0.2, -0.15) is 0 Å². The second-order valence-electron chi connectivity index (χ2n) is 8.13. The van der Waals surface area contributed by atoms with E-state index in [1.807, 2.05) is 55.5 Å². The zero-order valence-electron chi connectivity index (χ0n) is 18.2. The van der Waals surface area contributed by atoms with E-state index >= 15 is 0 Å². The van der Waals surface area contributed by atoms with Crippen LogP contribution in [-0.2, 0) is 0 Å². The molecule has 1 saturated heterocycles. The number of carbonyl (C=O) groups is 1. The van der Waals surface area contributed by atoms with E-state index in [-0.39, 0.29) is 11.7 Å². The van der Waals surface area contributed by atoms with Crippen molar-refractivity contribution in [2.45, 2.75) is 19.4 Å². The lowest BCUT2D eigenvalue weighted by atomic mass is 10.1. The molecule has 31 heavy (non-hydrogen) atoms. The molecule has 1 N–H and O–H groups in total. The van der Waals surface area contributed by atoms with E-state index in [0.717, 1.165) is 24.3 Å². The van der Waals surface area contributed by atoms with E-state index in [2.05, 4.69) is 41.1 Å². The van der Waals surface area contributed by atoms with Gasteiger partial charge in [0.15, 0.2) is 11.5 Å². The maximum absolute atomic E-state index is 12.5. The number of hydrogen-bond acceptors (Lipinski definition) is 4. The Kier molecular flexibility index (Phi) is 6.11. The Morgan fingerprint density at radius 3 is 2.45 bits per heavy atom. The van der Waals surface area contributed by atoms with Gasteiger partial charge in [-0.3, -0.25) is 4.79 Å². The maximum Gasteiger partial charge on any atom is 0.291 e.